The fourth-order valence-corrected chi connectivity index (χ4v) is 3.63. The summed E-state index contributed by atoms with van der Waals surface area (Å²) in [7, 11) is 0. The molecule has 0 amide bonds. The van der Waals surface area contributed by atoms with Crippen LogP contribution >= 0.6 is 11.8 Å². The van der Waals surface area contributed by atoms with Crippen LogP contribution in [0.15, 0.2) is 51.0 Å². The van der Waals surface area contributed by atoms with Crippen LogP contribution in [0.1, 0.15) is 29.5 Å². The van der Waals surface area contributed by atoms with Gasteiger partial charge in [0.15, 0.2) is 5.16 Å². The molecule has 7 nitrogen and oxygen atoms in total. The van der Waals surface area contributed by atoms with Gasteiger partial charge in [-0.3, -0.25) is 9.36 Å². The van der Waals surface area contributed by atoms with E-state index >= 15 is 0 Å². The maximum Gasteiger partial charge on any atom is 0.341 e. The molecule has 3 rings (SSSR count). The van der Waals surface area contributed by atoms with Gasteiger partial charge in [-0.2, -0.15) is 0 Å². The second kappa shape index (κ2) is 8.88. The summed E-state index contributed by atoms with van der Waals surface area (Å²) in [5.74, 6) is 0.353. The van der Waals surface area contributed by atoms with E-state index in [0.29, 0.717) is 46.1 Å². The summed E-state index contributed by atoms with van der Waals surface area (Å²) in [6, 6.07) is 8.71. The fraction of sp³-hybridized carbons (Fsp3) is 0.316. The molecule has 0 saturated heterocycles. The Hall–Kier alpha value is -2.58. The summed E-state index contributed by atoms with van der Waals surface area (Å²) in [5, 5.41) is 10.2. The van der Waals surface area contributed by atoms with Crippen LogP contribution in [0.5, 0.6) is 0 Å². The zero-order chi connectivity index (χ0) is 19.2. The molecule has 0 fully saturated rings. The van der Waals surface area contributed by atoms with Crippen LogP contribution in [0.25, 0.3) is 10.9 Å². The maximum absolute atomic E-state index is 12.8. The van der Waals surface area contributed by atoms with Gasteiger partial charge < -0.3 is 14.3 Å². The van der Waals surface area contributed by atoms with E-state index in [4.69, 9.17) is 14.3 Å². The number of furan rings is 1. The molecule has 0 aliphatic rings. The van der Waals surface area contributed by atoms with Gasteiger partial charge in [-0.15, -0.1) is 0 Å². The van der Waals surface area contributed by atoms with Crippen LogP contribution in [0, 0.1) is 0 Å². The highest BCUT2D eigenvalue weighted by Gasteiger charge is 2.18. The van der Waals surface area contributed by atoms with Crippen LogP contribution in [0.2, 0.25) is 0 Å². The number of aromatic nitrogens is 2. The quantitative estimate of drug-likeness (QED) is 0.360. The SMILES string of the molecule is CCOC(=O)c1ccoc1CSc1nc2ccccc2c(=O)n1CCCO. The summed E-state index contributed by atoms with van der Waals surface area (Å²) in [6.07, 6.45) is 1.89. The highest BCUT2D eigenvalue weighted by molar-refractivity contribution is 7.98. The number of ether oxygens (including phenoxy) is 1. The van der Waals surface area contributed by atoms with Crippen molar-refractivity contribution < 1.29 is 19.1 Å². The van der Waals surface area contributed by atoms with E-state index in [1.807, 2.05) is 6.07 Å². The molecule has 1 N–H and O–H groups in total. The normalized spacial score (nSPS) is 11.0. The minimum atomic E-state index is -0.439. The summed E-state index contributed by atoms with van der Waals surface area (Å²) >= 11 is 1.30. The molecule has 0 unspecified atom stereocenters. The zero-order valence-corrected chi connectivity index (χ0v) is 15.7. The second-order valence-corrected chi connectivity index (χ2v) is 6.65. The number of thioether (sulfide) groups is 1. The molecule has 3 aromatic rings. The summed E-state index contributed by atoms with van der Waals surface area (Å²) in [6.45, 7) is 2.36. The molecule has 2 aromatic heterocycles. The highest BCUT2D eigenvalue weighted by Crippen LogP contribution is 2.25. The molecule has 0 spiro atoms. The Balaban J connectivity index is 1.91. The Kier molecular flexibility index (Phi) is 6.31. The highest BCUT2D eigenvalue weighted by atomic mass is 32.2. The molecule has 0 saturated carbocycles. The number of hydrogen-bond donors (Lipinski definition) is 1. The molecular weight excluding hydrogens is 368 g/mol. The van der Waals surface area contributed by atoms with E-state index < -0.39 is 5.97 Å². The number of aliphatic hydroxyl groups is 1. The number of aliphatic hydroxyl groups excluding tert-OH is 1. The van der Waals surface area contributed by atoms with E-state index in [1.165, 1.54) is 18.0 Å². The van der Waals surface area contributed by atoms with Crippen molar-refractivity contribution in [2.75, 3.05) is 13.2 Å². The zero-order valence-electron chi connectivity index (χ0n) is 14.9. The number of nitrogens with zero attached hydrogens (tertiary/aromatic N) is 2. The lowest BCUT2D eigenvalue weighted by Crippen LogP contribution is -2.24. The number of carbonyl (C=O) groups excluding carboxylic acids is 1. The first kappa shape index (κ1) is 19.2. The third-order valence-electron chi connectivity index (χ3n) is 3.94. The third kappa shape index (κ3) is 4.23. The number of rotatable bonds is 8. The van der Waals surface area contributed by atoms with Crippen molar-refractivity contribution in [3.8, 4) is 0 Å². The summed E-state index contributed by atoms with van der Waals surface area (Å²) in [5.41, 5.74) is 0.825. The monoisotopic (exact) mass is 388 g/mol. The molecular formula is C19H20N2O5S. The van der Waals surface area contributed by atoms with Crippen LogP contribution in [0.4, 0.5) is 0 Å². The average Bonchev–Trinajstić information content (AvgIpc) is 3.15. The van der Waals surface area contributed by atoms with E-state index in [-0.39, 0.29) is 18.8 Å². The molecule has 0 aliphatic heterocycles. The minimum Gasteiger partial charge on any atom is -0.468 e. The second-order valence-electron chi connectivity index (χ2n) is 5.71. The van der Waals surface area contributed by atoms with Crippen LogP contribution in [-0.4, -0.2) is 33.8 Å². The van der Waals surface area contributed by atoms with Gasteiger partial charge in [-0.25, -0.2) is 9.78 Å². The van der Waals surface area contributed by atoms with Gasteiger partial charge in [0.05, 0.1) is 29.5 Å². The van der Waals surface area contributed by atoms with E-state index in [9.17, 15) is 9.59 Å². The topological polar surface area (TPSA) is 94.6 Å². The third-order valence-corrected chi connectivity index (χ3v) is 4.92. The van der Waals surface area contributed by atoms with Gasteiger partial charge in [0.25, 0.3) is 5.56 Å². The lowest BCUT2D eigenvalue weighted by Gasteiger charge is -2.12. The van der Waals surface area contributed by atoms with Crippen molar-refractivity contribution in [1.82, 2.24) is 9.55 Å². The number of para-hydroxylation sites is 1. The molecule has 0 atom stereocenters. The number of benzene rings is 1. The minimum absolute atomic E-state index is 0.0193. The smallest absolute Gasteiger partial charge is 0.341 e. The van der Waals surface area contributed by atoms with Crippen molar-refractivity contribution in [1.29, 1.82) is 0 Å². The Morgan fingerprint density at radius 1 is 1.33 bits per heavy atom. The largest absolute Gasteiger partial charge is 0.468 e. The van der Waals surface area contributed by atoms with Crippen molar-refractivity contribution in [2.24, 2.45) is 0 Å². The fourth-order valence-electron chi connectivity index (χ4n) is 2.66. The molecule has 2 heterocycles. The molecule has 27 heavy (non-hydrogen) atoms. The van der Waals surface area contributed by atoms with Crippen molar-refractivity contribution in [3.63, 3.8) is 0 Å². The van der Waals surface area contributed by atoms with Crippen molar-refractivity contribution in [3.05, 3.63) is 58.3 Å². The average molecular weight is 388 g/mol. The molecule has 0 radical (unpaired) electrons. The number of fused-ring (bicyclic) bond motifs is 1. The van der Waals surface area contributed by atoms with Crippen molar-refractivity contribution >= 4 is 28.6 Å². The molecule has 0 aliphatic carbocycles. The number of esters is 1. The molecule has 0 bridgehead atoms. The predicted octanol–water partition coefficient (Wildman–Crippen LogP) is 2.84. The predicted molar refractivity (Wildman–Crippen MR) is 102 cm³/mol. The lowest BCUT2D eigenvalue weighted by molar-refractivity contribution is 0.0524. The van der Waals surface area contributed by atoms with Crippen LogP contribution in [-0.2, 0) is 17.0 Å². The Morgan fingerprint density at radius 3 is 2.93 bits per heavy atom. The standard InChI is InChI=1S/C19H20N2O5S/c1-2-25-18(24)14-8-11-26-16(14)12-27-19-20-15-7-4-3-6-13(15)17(23)21(19)9-5-10-22/h3-4,6-8,11,22H,2,5,9-10,12H2,1H3. The molecule has 8 heteroatoms. The Labute approximate surface area is 160 Å². The summed E-state index contributed by atoms with van der Waals surface area (Å²) < 4.78 is 12.0. The van der Waals surface area contributed by atoms with Crippen LogP contribution < -0.4 is 5.56 Å². The van der Waals surface area contributed by atoms with Crippen LogP contribution in [0.3, 0.4) is 0 Å². The van der Waals surface area contributed by atoms with Gasteiger partial charge in [0, 0.05) is 13.2 Å². The first-order valence-electron chi connectivity index (χ1n) is 8.62. The summed E-state index contributed by atoms with van der Waals surface area (Å²) in [4.78, 5) is 29.4. The number of hydrogen-bond acceptors (Lipinski definition) is 7. The Bertz CT molecular complexity index is 995. The number of carbonyl (C=O) groups is 1. The Morgan fingerprint density at radius 2 is 2.15 bits per heavy atom. The first-order valence-corrected chi connectivity index (χ1v) is 9.61. The maximum atomic E-state index is 12.8. The molecule has 142 valence electrons. The first-order chi connectivity index (χ1) is 13.2. The van der Waals surface area contributed by atoms with Gasteiger partial charge in [-0.05, 0) is 31.5 Å². The van der Waals surface area contributed by atoms with E-state index in [2.05, 4.69) is 4.98 Å². The van der Waals surface area contributed by atoms with Gasteiger partial charge in [0.1, 0.15) is 11.3 Å². The van der Waals surface area contributed by atoms with Crippen molar-refractivity contribution in [2.45, 2.75) is 30.8 Å². The van der Waals surface area contributed by atoms with Gasteiger partial charge in [0.2, 0.25) is 0 Å². The van der Waals surface area contributed by atoms with Gasteiger partial charge in [-0.1, -0.05) is 23.9 Å². The molecule has 1 aromatic carbocycles. The van der Waals surface area contributed by atoms with E-state index in [1.54, 1.807) is 35.8 Å². The van der Waals surface area contributed by atoms with Gasteiger partial charge >= 0.3 is 5.97 Å². The lowest BCUT2D eigenvalue weighted by atomic mass is 10.2. The van der Waals surface area contributed by atoms with E-state index in [0.717, 1.165) is 0 Å².